The Morgan fingerprint density at radius 2 is 2.00 bits per heavy atom. The topological polar surface area (TPSA) is 94.1 Å². The SMILES string of the molecule is Nc1ccc([N+](=O)[O-])c(Nc2ccccc2I)n1. The molecule has 0 fully saturated rings. The molecule has 6 nitrogen and oxygen atoms in total. The number of nitrogens with two attached hydrogens (primary N) is 1. The molecule has 1 aromatic carbocycles. The molecule has 1 aromatic heterocycles. The predicted octanol–water partition coefficient (Wildman–Crippen LogP) is 2.92. The van der Waals surface area contributed by atoms with Gasteiger partial charge in [-0.2, -0.15) is 0 Å². The van der Waals surface area contributed by atoms with Crippen molar-refractivity contribution in [1.82, 2.24) is 4.98 Å². The van der Waals surface area contributed by atoms with Crippen LogP contribution in [-0.4, -0.2) is 9.91 Å². The number of nitrogen functional groups attached to an aromatic ring is 1. The molecule has 0 unspecified atom stereocenters. The lowest BCUT2D eigenvalue weighted by Gasteiger charge is -2.08. The third-order valence-corrected chi connectivity index (χ3v) is 3.16. The van der Waals surface area contributed by atoms with Gasteiger partial charge in [-0.1, -0.05) is 12.1 Å². The van der Waals surface area contributed by atoms with Gasteiger partial charge in [-0.25, -0.2) is 4.98 Å². The first-order chi connectivity index (χ1) is 8.58. The lowest BCUT2D eigenvalue weighted by Crippen LogP contribution is -2.02. The maximum Gasteiger partial charge on any atom is 0.311 e. The van der Waals surface area contributed by atoms with Crippen LogP contribution in [0.3, 0.4) is 0 Å². The summed E-state index contributed by atoms with van der Waals surface area (Å²) < 4.78 is 0.939. The monoisotopic (exact) mass is 356 g/mol. The van der Waals surface area contributed by atoms with E-state index in [2.05, 4.69) is 32.9 Å². The largest absolute Gasteiger partial charge is 0.384 e. The number of aromatic nitrogens is 1. The van der Waals surface area contributed by atoms with E-state index in [9.17, 15) is 10.1 Å². The summed E-state index contributed by atoms with van der Waals surface area (Å²) in [5, 5.41) is 13.8. The predicted molar refractivity (Wildman–Crippen MR) is 77.7 cm³/mol. The summed E-state index contributed by atoms with van der Waals surface area (Å²) in [5.41, 5.74) is 6.19. The minimum absolute atomic E-state index is 0.108. The second-order valence-electron chi connectivity index (χ2n) is 3.47. The van der Waals surface area contributed by atoms with Gasteiger partial charge in [-0.05, 0) is 40.8 Å². The summed E-state index contributed by atoms with van der Waals surface area (Å²) in [4.78, 5) is 14.3. The van der Waals surface area contributed by atoms with Crippen molar-refractivity contribution in [1.29, 1.82) is 0 Å². The molecule has 92 valence electrons. The van der Waals surface area contributed by atoms with E-state index in [0.717, 1.165) is 9.26 Å². The van der Waals surface area contributed by atoms with Crippen LogP contribution in [0.4, 0.5) is 23.0 Å². The maximum absolute atomic E-state index is 10.9. The number of anilines is 3. The fraction of sp³-hybridized carbons (Fsp3) is 0. The zero-order valence-corrected chi connectivity index (χ0v) is 11.3. The van der Waals surface area contributed by atoms with Gasteiger partial charge in [0.25, 0.3) is 0 Å². The molecule has 0 saturated carbocycles. The van der Waals surface area contributed by atoms with Crippen molar-refractivity contribution < 1.29 is 4.92 Å². The summed E-state index contributed by atoms with van der Waals surface area (Å²) in [6.07, 6.45) is 0. The smallest absolute Gasteiger partial charge is 0.311 e. The molecular formula is C11H9IN4O2. The summed E-state index contributed by atoms with van der Waals surface area (Å²) in [6.45, 7) is 0. The Morgan fingerprint density at radius 1 is 1.28 bits per heavy atom. The number of pyridine rings is 1. The molecule has 0 atom stereocenters. The maximum atomic E-state index is 10.9. The fourth-order valence-electron chi connectivity index (χ4n) is 1.40. The number of hydrogen-bond donors (Lipinski definition) is 2. The molecule has 0 amide bonds. The van der Waals surface area contributed by atoms with E-state index >= 15 is 0 Å². The molecule has 0 bridgehead atoms. The van der Waals surface area contributed by atoms with Gasteiger partial charge in [-0.15, -0.1) is 0 Å². The number of benzene rings is 1. The average molecular weight is 356 g/mol. The van der Waals surface area contributed by atoms with Crippen molar-refractivity contribution in [3.8, 4) is 0 Å². The van der Waals surface area contributed by atoms with Crippen LogP contribution in [0.5, 0.6) is 0 Å². The third kappa shape index (κ3) is 2.67. The Bertz CT molecular complexity index is 603. The van der Waals surface area contributed by atoms with Crippen molar-refractivity contribution in [2.24, 2.45) is 0 Å². The highest BCUT2D eigenvalue weighted by Gasteiger charge is 2.16. The van der Waals surface area contributed by atoms with E-state index < -0.39 is 4.92 Å². The summed E-state index contributed by atoms with van der Waals surface area (Å²) in [5.74, 6) is 0.373. The highest BCUT2D eigenvalue weighted by Crippen LogP contribution is 2.28. The molecule has 1 heterocycles. The van der Waals surface area contributed by atoms with E-state index in [1.807, 2.05) is 24.3 Å². The Morgan fingerprint density at radius 3 is 2.67 bits per heavy atom. The molecule has 0 radical (unpaired) electrons. The average Bonchev–Trinajstić information content (AvgIpc) is 2.32. The molecule has 7 heteroatoms. The number of nitrogens with zero attached hydrogens (tertiary/aromatic N) is 2. The van der Waals surface area contributed by atoms with Gasteiger partial charge in [0.1, 0.15) is 5.82 Å². The number of hydrogen-bond acceptors (Lipinski definition) is 5. The van der Waals surface area contributed by atoms with Crippen LogP contribution in [0.2, 0.25) is 0 Å². The molecule has 0 aliphatic rings. The van der Waals surface area contributed by atoms with Crippen LogP contribution in [0.1, 0.15) is 0 Å². The Kier molecular flexibility index (Phi) is 3.60. The van der Waals surface area contributed by atoms with E-state index in [-0.39, 0.29) is 17.3 Å². The highest BCUT2D eigenvalue weighted by atomic mass is 127. The van der Waals surface area contributed by atoms with E-state index in [4.69, 9.17) is 5.73 Å². The van der Waals surface area contributed by atoms with Crippen molar-refractivity contribution in [2.45, 2.75) is 0 Å². The van der Waals surface area contributed by atoms with E-state index in [1.165, 1.54) is 12.1 Å². The minimum Gasteiger partial charge on any atom is -0.384 e. The van der Waals surface area contributed by atoms with E-state index in [0.29, 0.717) is 0 Å². The lowest BCUT2D eigenvalue weighted by molar-refractivity contribution is -0.384. The lowest BCUT2D eigenvalue weighted by atomic mass is 10.3. The van der Waals surface area contributed by atoms with Gasteiger partial charge in [-0.3, -0.25) is 10.1 Å². The molecule has 0 aliphatic heterocycles. The first-order valence-electron chi connectivity index (χ1n) is 5.00. The zero-order chi connectivity index (χ0) is 13.1. The van der Waals surface area contributed by atoms with Crippen LogP contribution in [0, 0.1) is 13.7 Å². The molecule has 0 saturated heterocycles. The van der Waals surface area contributed by atoms with Crippen LogP contribution in [0.15, 0.2) is 36.4 Å². The van der Waals surface area contributed by atoms with Gasteiger partial charge >= 0.3 is 5.69 Å². The van der Waals surface area contributed by atoms with Crippen LogP contribution in [-0.2, 0) is 0 Å². The molecule has 18 heavy (non-hydrogen) atoms. The standard InChI is InChI=1S/C11H9IN4O2/c12-7-3-1-2-4-8(7)14-11-9(16(17)18)5-6-10(13)15-11/h1-6H,(H3,13,14,15). The molecule has 0 aliphatic carbocycles. The Balaban J connectivity index is 2.42. The van der Waals surface area contributed by atoms with Crippen LogP contribution >= 0.6 is 22.6 Å². The number of halogens is 1. The van der Waals surface area contributed by atoms with Gasteiger partial charge in [0.2, 0.25) is 5.82 Å². The summed E-state index contributed by atoms with van der Waals surface area (Å²) in [6, 6.07) is 10.2. The highest BCUT2D eigenvalue weighted by molar-refractivity contribution is 14.1. The Hall–Kier alpha value is -1.90. The molecule has 3 N–H and O–H groups in total. The van der Waals surface area contributed by atoms with Crippen LogP contribution < -0.4 is 11.1 Å². The quantitative estimate of drug-likeness (QED) is 0.501. The first-order valence-corrected chi connectivity index (χ1v) is 6.08. The second kappa shape index (κ2) is 5.17. The number of nitrogens with one attached hydrogen (secondary N) is 1. The summed E-state index contributed by atoms with van der Waals surface area (Å²) in [7, 11) is 0. The van der Waals surface area contributed by atoms with Crippen molar-refractivity contribution in [3.05, 3.63) is 50.1 Å². The van der Waals surface area contributed by atoms with Crippen molar-refractivity contribution in [2.75, 3.05) is 11.1 Å². The fourth-order valence-corrected chi connectivity index (χ4v) is 1.92. The van der Waals surface area contributed by atoms with Gasteiger partial charge in [0, 0.05) is 9.64 Å². The number of para-hydroxylation sites is 1. The second-order valence-corrected chi connectivity index (χ2v) is 4.63. The van der Waals surface area contributed by atoms with Gasteiger partial charge in [0.15, 0.2) is 0 Å². The number of nitro groups is 1. The zero-order valence-electron chi connectivity index (χ0n) is 9.13. The van der Waals surface area contributed by atoms with Crippen LogP contribution in [0.25, 0.3) is 0 Å². The molecule has 0 spiro atoms. The first kappa shape index (κ1) is 12.6. The molecule has 2 aromatic rings. The summed E-state index contributed by atoms with van der Waals surface area (Å²) >= 11 is 2.13. The van der Waals surface area contributed by atoms with Gasteiger partial charge in [0.05, 0.1) is 10.6 Å². The third-order valence-electron chi connectivity index (χ3n) is 2.22. The van der Waals surface area contributed by atoms with E-state index in [1.54, 1.807) is 0 Å². The van der Waals surface area contributed by atoms with Crippen molar-refractivity contribution in [3.63, 3.8) is 0 Å². The molecular weight excluding hydrogens is 347 g/mol. The van der Waals surface area contributed by atoms with Gasteiger partial charge < -0.3 is 11.1 Å². The Labute approximate surface area is 117 Å². The van der Waals surface area contributed by atoms with Crippen molar-refractivity contribution >= 4 is 45.6 Å². The molecule has 2 rings (SSSR count). The normalized spacial score (nSPS) is 10.1. The number of rotatable bonds is 3. The minimum atomic E-state index is -0.495.